The number of unbranched alkanes of at least 4 members (excludes halogenated alkanes) is 1. The Morgan fingerprint density at radius 3 is 2.36 bits per heavy atom. The summed E-state index contributed by atoms with van der Waals surface area (Å²) >= 11 is 0. The Balaban J connectivity index is 3.71. The van der Waals surface area contributed by atoms with Crippen molar-refractivity contribution in [2.24, 2.45) is 4.99 Å². The fourth-order valence-corrected chi connectivity index (χ4v) is 2.07. The Morgan fingerprint density at radius 2 is 1.68 bits per heavy atom. The van der Waals surface area contributed by atoms with Crippen molar-refractivity contribution < 1.29 is 14.2 Å². The maximum Gasteiger partial charge on any atom is 0.191 e. The van der Waals surface area contributed by atoms with E-state index in [1.165, 1.54) is 6.42 Å². The highest BCUT2D eigenvalue weighted by Crippen LogP contribution is 1.89. The maximum absolute atomic E-state index is 5.55. The zero-order valence-electron chi connectivity index (χ0n) is 16.8. The molecule has 0 aliphatic carbocycles. The summed E-state index contributed by atoms with van der Waals surface area (Å²) in [6.07, 6.45) is 3.33. The van der Waals surface area contributed by atoms with Gasteiger partial charge in [0.05, 0.1) is 26.4 Å². The first kappa shape index (κ1) is 24.1. The highest BCUT2D eigenvalue weighted by molar-refractivity contribution is 5.79. The summed E-state index contributed by atoms with van der Waals surface area (Å²) in [6, 6.07) is 0. The number of guanidine groups is 1. The standard InChI is InChI=1S/C18H40N4O3/c1-5-7-14-24-16-17-25-15-10-21-18(19-6-2)20-9-12-22(3)11-8-13-23-4/h5-17H2,1-4H3,(H2,19,20,21). The summed E-state index contributed by atoms with van der Waals surface area (Å²) < 4.78 is 16.1. The summed E-state index contributed by atoms with van der Waals surface area (Å²) in [5, 5.41) is 6.55. The van der Waals surface area contributed by atoms with Crippen LogP contribution in [0.15, 0.2) is 4.99 Å². The number of likely N-dealkylation sites (N-methyl/N-ethyl adjacent to an activating group) is 1. The van der Waals surface area contributed by atoms with Crippen molar-refractivity contribution in [1.82, 2.24) is 15.5 Å². The largest absolute Gasteiger partial charge is 0.385 e. The molecule has 0 aromatic carbocycles. The molecule has 0 unspecified atom stereocenters. The predicted molar refractivity (Wildman–Crippen MR) is 105 cm³/mol. The van der Waals surface area contributed by atoms with Gasteiger partial charge < -0.3 is 29.7 Å². The lowest BCUT2D eigenvalue weighted by Crippen LogP contribution is -2.39. The number of ether oxygens (including phenoxy) is 3. The Morgan fingerprint density at radius 1 is 0.920 bits per heavy atom. The maximum atomic E-state index is 5.55. The first-order valence-electron chi connectivity index (χ1n) is 9.59. The van der Waals surface area contributed by atoms with Crippen LogP contribution in [0, 0.1) is 0 Å². The topological polar surface area (TPSA) is 67.4 Å². The highest BCUT2D eigenvalue weighted by Gasteiger charge is 1.99. The first-order valence-corrected chi connectivity index (χ1v) is 9.59. The van der Waals surface area contributed by atoms with Gasteiger partial charge in [-0.05, 0) is 26.8 Å². The molecule has 2 N–H and O–H groups in total. The first-order chi connectivity index (χ1) is 12.2. The Kier molecular flexibility index (Phi) is 18.7. The number of aliphatic imine (C=N–C) groups is 1. The van der Waals surface area contributed by atoms with Crippen LogP contribution in [0.25, 0.3) is 0 Å². The highest BCUT2D eigenvalue weighted by atomic mass is 16.5. The van der Waals surface area contributed by atoms with E-state index in [1.807, 2.05) is 0 Å². The second-order valence-electron chi connectivity index (χ2n) is 5.92. The number of nitrogens with one attached hydrogen (secondary N) is 2. The van der Waals surface area contributed by atoms with Crippen LogP contribution < -0.4 is 10.6 Å². The van der Waals surface area contributed by atoms with E-state index in [9.17, 15) is 0 Å². The summed E-state index contributed by atoms with van der Waals surface area (Å²) in [5.41, 5.74) is 0. The molecule has 7 heteroatoms. The van der Waals surface area contributed by atoms with Crippen molar-refractivity contribution in [3.05, 3.63) is 0 Å². The molecule has 0 aliphatic rings. The SMILES string of the molecule is CCCCOCCOCCNC(=NCCN(C)CCCOC)NCC. The van der Waals surface area contributed by atoms with Gasteiger partial charge in [0.15, 0.2) is 5.96 Å². The average Bonchev–Trinajstić information content (AvgIpc) is 2.60. The summed E-state index contributed by atoms with van der Waals surface area (Å²) in [6.45, 7) is 12.2. The van der Waals surface area contributed by atoms with Gasteiger partial charge in [-0.1, -0.05) is 13.3 Å². The molecule has 0 spiro atoms. The fraction of sp³-hybridized carbons (Fsp3) is 0.944. The van der Waals surface area contributed by atoms with Crippen LogP contribution in [0.1, 0.15) is 33.1 Å². The number of rotatable bonds is 17. The fourth-order valence-electron chi connectivity index (χ4n) is 2.07. The zero-order chi connectivity index (χ0) is 18.6. The van der Waals surface area contributed by atoms with Crippen LogP contribution in [0.2, 0.25) is 0 Å². The molecular weight excluding hydrogens is 320 g/mol. The van der Waals surface area contributed by atoms with Crippen LogP contribution in [0.4, 0.5) is 0 Å². The number of hydrogen-bond acceptors (Lipinski definition) is 5. The number of nitrogens with zero attached hydrogens (tertiary/aromatic N) is 2. The van der Waals surface area contributed by atoms with Crippen molar-refractivity contribution in [2.75, 3.05) is 79.9 Å². The molecule has 0 saturated heterocycles. The molecule has 0 aromatic rings. The minimum atomic E-state index is 0.644. The lowest BCUT2D eigenvalue weighted by atomic mass is 10.4. The Bertz CT molecular complexity index is 304. The molecule has 0 saturated carbocycles. The number of hydrogen-bond donors (Lipinski definition) is 2. The molecule has 0 heterocycles. The quantitative estimate of drug-likeness (QED) is 0.232. The van der Waals surface area contributed by atoms with Gasteiger partial charge in [-0.15, -0.1) is 0 Å². The van der Waals surface area contributed by atoms with Crippen molar-refractivity contribution in [3.8, 4) is 0 Å². The molecule has 0 aliphatic heterocycles. The van der Waals surface area contributed by atoms with E-state index < -0.39 is 0 Å². The molecule has 0 aromatic heterocycles. The molecule has 150 valence electrons. The van der Waals surface area contributed by atoms with E-state index in [4.69, 9.17) is 14.2 Å². The lowest BCUT2D eigenvalue weighted by Gasteiger charge is -2.16. The van der Waals surface area contributed by atoms with E-state index in [1.54, 1.807) is 7.11 Å². The van der Waals surface area contributed by atoms with Crippen molar-refractivity contribution >= 4 is 5.96 Å². The zero-order valence-corrected chi connectivity index (χ0v) is 16.8. The van der Waals surface area contributed by atoms with Crippen LogP contribution in [0.5, 0.6) is 0 Å². The average molecular weight is 361 g/mol. The van der Waals surface area contributed by atoms with Gasteiger partial charge in [0.25, 0.3) is 0 Å². The molecular formula is C18H40N4O3. The predicted octanol–water partition coefficient (Wildman–Crippen LogP) is 1.34. The summed E-state index contributed by atoms with van der Waals surface area (Å²) in [5.74, 6) is 0.843. The molecule has 0 bridgehead atoms. The molecule has 25 heavy (non-hydrogen) atoms. The van der Waals surface area contributed by atoms with Crippen molar-refractivity contribution in [1.29, 1.82) is 0 Å². The molecule has 0 atom stereocenters. The van der Waals surface area contributed by atoms with E-state index >= 15 is 0 Å². The van der Waals surface area contributed by atoms with Gasteiger partial charge in [-0.25, -0.2) is 0 Å². The minimum Gasteiger partial charge on any atom is -0.385 e. The van der Waals surface area contributed by atoms with Gasteiger partial charge in [0, 0.05) is 46.5 Å². The van der Waals surface area contributed by atoms with Gasteiger partial charge in [-0.3, -0.25) is 4.99 Å². The number of methoxy groups -OCH3 is 1. The summed E-state index contributed by atoms with van der Waals surface area (Å²) in [4.78, 5) is 6.86. The smallest absolute Gasteiger partial charge is 0.191 e. The normalized spacial score (nSPS) is 12.0. The molecule has 0 rings (SSSR count). The Hall–Kier alpha value is -0.890. The molecule has 0 fully saturated rings. The van der Waals surface area contributed by atoms with Crippen molar-refractivity contribution in [2.45, 2.75) is 33.1 Å². The molecule has 7 nitrogen and oxygen atoms in total. The Labute approximate surface area is 154 Å². The minimum absolute atomic E-state index is 0.644. The van der Waals surface area contributed by atoms with E-state index in [-0.39, 0.29) is 0 Å². The monoisotopic (exact) mass is 360 g/mol. The molecule has 0 radical (unpaired) electrons. The van der Waals surface area contributed by atoms with Gasteiger partial charge >= 0.3 is 0 Å². The van der Waals surface area contributed by atoms with Gasteiger partial charge in [-0.2, -0.15) is 0 Å². The second-order valence-corrected chi connectivity index (χ2v) is 5.92. The van der Waals surface area contributed by atoms with Crippen molar-refractivity contribution in [3.63, 3.8) is 0 Å². The van der Waals surface area contributed by atoms with Gasteiger partial charge in [0.2, 0.25) is 0 Å². The third-order valence-electron chi connectivity index (χ3n) is 3.54. The van der Waals surface area contributed by atoms with Crippen LogP contribution >= 0.6 is 0 Å². The van der Waals surface area contributed by atoms with Crippen LogP contribution in [-0.2, 0) is 14.2 Å². The van der Waals surface area contributed by atoms with E-state index in [2.05, 4.69) is 41.4 Å². The third-order valence-corrected chi connectivity index (χ3v) is 3.54. The van der Waals surface area contributed by atoms with Crippen LogP contribution in [-0.4, -0.2) is 90.8 Å². The van der Waals surface area contributed by atoms with Gasteiger partial charge in [0.1, 0.15) is 0 Å². The lowest BCUT2D eigenvalue weighted by molar-refractivity contribution is 0.0487. The molecule has 0 amide bonds. The van der Waals surface area contributed by atoms with E-state index in [0.29, 0.717) is 19.8 Å². The third kappa shape index (κ3) is 17.7. The van der Waals surface area contributed by atoms with Crippen LogP contribution in [0.3, 0.4) is 0 Å². The summed E-state index contributed by atoms with van der Waals surface area (Å²) in [7, 11) is 3.85. The second kappa shape index (κ2) is 19.4. The van der Waals surface area contributed by atoms with E-state index in [0.717, 1.165) is 64.7 Å².